The van der Waals surface area contributed by atoms with Crippen molar-refractivity contribution in [1.29, 1.82) is 0 Å². The standard InChI is InChI=1S/C40H82N4O2/c1-6-9-12-15-18-21-24-27-41(28-25-22-19-16-13-10-7-2)30-31-42(29-26-23-20-17-14-11-8-3)32-33-43-34-36-44(37-35-43)40(45)46-38-39(4)5/h39H,6-38H2,1-5H3. The Morgan fingerprint density at radius 3 is 1.28 bits per heavy atom. The van der Waals surface area contributed by atoms with Crippen LogP contribution in [-0.4, -0.2) is 104 Å². The molecule has 0 saturated carbocycles. The molecule has 274 valence electrons. The highest BCUT2D eigenvalue weighted by molar-refractivity contribution is 5.67. The van der Waals surface area contributed by atoms with Crippen molar-refractivity contribution >= 4 is 6.09 Å². The van der Waals surface area contributed by atoms with Crippen LogP contribution in [0.15, 0.2) is 0 Å². The fourth-order valence-electron chi connectivity index (χ4n) is 6.60. The third kappa shape index (κ3) is 25.2. The average Bonchev–Trinajstić information content (AvgIpc) is 3.06. The second-order valence-corrected chi connectivity index (χ2v) is 14.8. The monoisotopic (exact) mass is 651 g/mol. The molecule has 0 bridgehead atoms. The molecule has 6 heteroatoms. The third-order valence-corrected chi connectivity index (χ3v) is 9.87. The van der Waals surface area contributed by atoms with E-state index in [0.717, 1.165) is 39.3 Å². The molecule has 1 aliphatic rings. The number of hydrogen-bond donors (Lipinski definition) is 0. The molecule has 0 N–H and O–H groups in total. The maximum absolute atomic E-state index is 12.4. The number of amides is 1. The highest BCUT2D eigenvalue weighted by Gasteiger charge is 2.22. The first-order valence-electron chi connectivity index (χ1n) is 20.6. The SMILES string of the molecule is CCCCCCCCCN(CCCCCCCCC)CCN(CCCCCCCCC)CCN1CCN(C(=O)OCC(C)C)CC1. The third-order valence-electron chi connectivity index (χ3n) is 9.87. The predicted octanol–water partition coefficient (Wildman–Crippen LogP) is 10.3. The molecule has 0 aromatic rings. The Balaban J connectivity index is 2.58. The van der Waals surface area contributed by atoms with E-state index in [0.29, 0.717) is 12.5 Å². The van der Waals surface area contributed by atoms with Crippen LogP contribution in [0.1, 0.15) is 169 Å². The van der Waals surface area contributed by atoms with Gasteiger partial charge in [0.15, 0.2) is 0 Å². The van der Waals surface area contributed by atoms with Crippen molar-refractivity contribution in [1.82, 2.24) is 19.6 Å². The molecule has 0 radical (unpaired) electrons. The molecule has 1 amide bonds. The lowest BCUT2D eigenvalue weighted by molar-refractivity contribution is 0.0660. The van der Waals surface area contributed by atoms with E-state index >= 15 is 0 Å². The molecule has 0 aliphatic carbocycles. The minimum absolute atomic E-state index is 0.129. The summed E-state index contributed by atoms with van der Waals surface area (Å²) in [5.41, 5.74) is 0. The van der Waals surface area contributed by atoms with Gasteiger partial charge in [0.25, 0.3) is 0 Å². The molecule has 0 unspecified atom stereocenters. The lowest BCUT2D eigenvalue weighted by atomic mass is 10.1. The maximum atomic E-state index is 12.4. The predicted molar refractivity (Wildman–Crippen MR) is 201 cm³/mol. The van der Waals surface area contributed by atoms with Gasteiger partial charge in [-0.15, -0.1) is 0 Å². The Hall–Kier alpha value is -0.850. The lowest BCUT2D eigenvalue weighted by Gasteiger charge is -2.35. The number of rotatable bonds is 32. The van der Waals surface area contributed by atoms with Crippen molar-refractivity contribution in [3.8, 4) is 0 Å². The number of piperazine rings is 1. The fraction of sp³-hybridized carbons (Fsp3) is 0.975. The maximum Gasteiger partial charge on any atom is 0.409 e. The van der Waals surface area contributed by atoms with E-state index in [9.17, 15) is 4.79 Å². The molecule has 0 spiro atoms. The largest absolute Gasteiger partial charge is 0.449 e. The lowest BCUT2D eigenvalue weighted by Crippen LogP contribution is -2.50. The summed E-state index contributed by atoms with van der Waals surface area (Å²) >= 11 is 0. The molecule has 0 aromatic heterocycles. The molecular weight excluding hydrogens is 568 g/mol. The smallest absolute Gasteiger partial charge is 0.409 e. The second kappa shape index (κ2) is 31.4. The zero-order valence-electron chi connectivity index (χ0n) is 32.0. The van der Waals surface area contributed by atoms with Crippen molar-refractivity contribution in [2.24, 2.45) is 5.92 Å². The zero-order valence-corrected chi connectivity index (χ0v) is 32.0. The van der Waals surface area contributed by atoms with Gasteiger partial charge in [-0.2, -0.15) is 0 Å². The van der Waals surface area contributed by atoms with Gasteiger partial charge in [0.05, 0.1) is 6.61 Å². The van der Waals surface area contributed by atoms with Crippen molar-refractivity contribution < 1.29 is 9.53 Å². The molecule has 1 heterocycles. The molecule has 6 nitrogen and oxygen atoms in total. The van der Waals surface area contributed by atoms with Crippen LogP contribution in [-0.2, 0) is 4.74 Å². The van der Waals surface area contributed by atoms with E-state index in [4.69, 9.17) is 4.74 Å². The van der Waals surface area contributed by atoms with Crippen molar-refractivity contribution in [2.75, 3.05) is 78.6 Å². The summed E-state index contributed by atoms with van der Waals surface area (Å²) in [6, 6.07) is 0. The molecule has 0 aromatic carbocycles. The van der Waals surface area contributed by atoms with Crippen LogP contribution >= 0.6 is 0 Å². The van der Waals surface area contributed by atoms with Crippen LogP contribution in [0.3, 0.4) is 0 Å². The van der Waals surface area contributed by atoms with E-state index < -0.39 is 0 Å². The first kappa shape index (κ1) is 43.2. The highest BCUT2D eigenvalue weighted by atomic mass is 16.6. The van der Waals surface area contributed by atoms with Gasteiger partial charge < -0.3 is 19.4 Å². The Morgan fingerprint density at radius 1 is 0.522 bits per heavy atom. The van der Waals surface area contributed by atoms with Crippen LogP contribution < -0.4 is 0 Å². The topological polar surface area (TPSA) is 39.3 Å². The Bertz CT molecular complexity index is 635. The minimum atomic E-state index is -0.129. The summed E-state index contributed by atoms with van der Waals surface area (Å²) < 4.78 is 5.49. The van der Waals surface area contributed by atoms with E-state index in [-0.39, 0.29) is 6.09 Å². The van der Waals surface area contributed by atoms with Gasteiger partial charge in [-0.25, -0.2) is 4.79 Å². The minimum Gasteiger partial charge on any atom is -0.449 e. The van der Waals surface area contributed by atoms with Crippen molar-refractivity contribution in [2.45, 2.75) is 169 Å². The van der Waals surface area contributed by atoms with Crippen LogP contribution in [0.25, 0.3) is 0 Å². The summed E-state index contributed by atoms with van der Waals surface area (Å²) in [5.74, 6) is 0.384. The molecule has 0 atom stereocenters. The number of carbonyl (C=O) groups excluding carboxylic acids is 1. The Labute approximate surface area is 288 Å². The van der Waals surface area contributed by atoms with Crippen LogP contribution in [0.2, 0.25) is 0 Å². The van der Waals surface area contributed by atoms with Gasteiger partial charge in [-0.3, -0.25) is 4.90 Å². The number of ether oxygens (including phenoxy) is 1. The van der Waals surface area contributed by atoms with Gasteiger partial charge in [0, 0.05) is 52.4 Å². The Kier molecular flexibility index (Phi) is 29.5. The average molecular weight is 651 g/mol. The van der Waals surface area contributed by atoms with Crippen molar-refractivity contribution in [3.63, 3.8) is 0 Å². The van der Waals surface area contributed by atoms with E-state index in [1.807, 2.05) is 4.90 Å². The fourth-order valence-corrected chi connectivity index (χ4v) is 6.60. The van der Waals surface area contributed by atoms with Crippen LogP contribution in [0.4, 0.5) is 4.79 Å². The summed E-state index contributed by atoms with van der Waals surface area (Å²) in [7, 11) is 0. The first-order chi connectivity index (χ1) is 22.5. The van der Waals surface area contributed by atoms with Crippen molar-refractivity contribution in [3.05, 3.63) is 0 Å². The van der Waals surface area contributed by atoms with Crippen LogP contribution in [0.5, 0.6) is 0 Å². The number of carbonyl (C=O) groups is 1. The number of nitrogens with zero attached hydrogens (tertiary/aromatic N) is 4. The van der Waals surface area contributed by atoms with Gasteiger partial charge in [0.1, 0.15) is 0 Å². The molecule has 1 aliphatic heterocycles. The molecular formula is C40H82N4O2. The molecule has 46 heavy (non-hydrogen) atoms. The van der Waals surface area contributed by atoms with Crippen LogP contribution in [0, 0.1) is 5.92 Å². The summed E-state index contributed by atoms with van der Waals surface area (Å²) in [6.07, 6.45) is 29.0. The summed E-state index contributed by atoms with van der Waals surface area (Å²) in [4.78, 5) is 22.5. The summed E-state index contributed by atoms with van der Waals surface area (Å²) in [5, 5.41) is 0. The zero-order chi connectivity index (χ0) is 33.5. The second-order valence-electron chi connectivity index (χ2n) is 14.8. The molecule has 1 fully saturated rings. The van der Waals surface area contributed by atoms with Gasteiger partial charge in [-0.1, -0.05) is 150 Å². The van der Waals surface area contributed by atoms with Gasteiger partial charge in [0.2, 0.25) is 0 Å². The first-order valence-corrected chi connectivity index (χ1v) is 20.6. The van der Waals surface area contributed by atoms with Gasteiger partial charge >= 0.3 is 6.09 Å². The van der Waals surface area contributed by atoms with E-state index in [2.05, 4.69) is 49.3 Å². The Morgan fingerprint density at radius 2 is 0.891 bits per heavy atom. The molecule has 1 rings (SSSR count). The summed E-state index contributed by atoms with van der Waals surface area (Å²) in [6.45, 7) is 23.6. The number of hydrogen-bond acceptors (Lipinski definition) is 5. The highest BCUT2D eigenvalue weighted by Crippen LogP contribution is 2.12. The normalized spacial score (nSPS) is 14.3. The van der Waals surface area contributed by atoms with E-state index in [1.54, 1.807) is 0 Å². The quantitative estimate of drug-likeness (QED) is 0.0678. The van der Waals surface area contributed by atoms with Gasteiger partial charge in [-0.05, 0) is 44.8 Å². The van der Waals surface area contributed by atoms with E-state index in [1.165, 1.54) is 168 Å². The number of unbranched alkanes of at least 4 members (excludes halogenated alkanes) is 18. The molecule has 1 saturated heterocycles.